The van der Waals surface area contributed by atoms with Gasteiger partial charge in [0.25, 0.3) is 5.91 Å². The van der Waals surface area contributed by atoms with E-state index < -0.39 is 34.6 Å². The minimum absolute atomic E-state index is 0.473. The number of benzene rings is 1. The molecular weight excluding hydrogens is 230 g/mol. The van der Waals surface area contributed by atoms with Crippen LogP contribution in [0.2, 0.25) is 0 Å². The Balaban J connectivity index is 2.99. The van der Waals surface area contributed by atoms with Gasteiger partial charge in [-0.2, -0.15) is 0 Å². The van der Waals surface area contributed by atoms with Crippen LogP contribution >= 0.6 is 0 Å². The van der Waals surface area contributed by atoms with E-state index in [1.54, 1.807) is 0 Å². The number of nitrogens with two attached hydrogens (primary N) is 1. The molecule has 0 aliphatic rings. The number of amides is 2. The number of hydrogen-bond acceptors (Lipinski definition) is 2. The van der Waals surface area contributed by atoms with Crippen molar-refractivity contribution < 1.29 is 18.4 Å². The summed E-state index contributed by atoms with van der Waals surface area (Å²) < 4.78 is 26.2. The fourth-order valence-corrected chi connectivity index (χ4v) is 1.09. The van der Waals surface area contributed by atoms with Gasteiger partial charge < -0.3 is 11.1 Å². The van der Waals surface area contributed by atoms with Crippen LogP contribution in [0.4, 0.5) is 8.78 Å². The Morgan fingerprint density at radius 2 is 1.88 bits per heavy atom. The summed E-state index contributed by atoms with van der Waals surface area (Å²) in [6.07, 6.45) is 0. The van der Waals surface area contributed by atoms with E-state index >= 15 is 0 Å². The van der Waals surface area contributed by atoms with Crippen molar-refractivity contribution in [2.24, 2.45) is 5.73 Å². The second kappa shape index (κ2) is 4.48. The molecule has 1 aromatic carbocycles. The summed E-state index contributed by atoms with van der Waals surface area (Å²) in [5.41, 5.74) is 3.23. The SMILES string of the molecule is CC(C)(NC(=O)c1cccc(F)c1F)C(N)=O. The minimum atomic E-state index is -1.34. The highest BCUT2D eigenvalue weighted by atomic mass is 19.2. The van der Waals surface area contributed by atoms with E-state index in [-0.39, 0.29) is 0 Å². The second-order valence-electron chi connectivity index (χ2n) is 4.04. The van der Waals surface area contributed by atoms with Crippen molar-refractivity contribution in [3.05, 3.63) is 35.4 Å². The third kappa shape index (κ3) is 2.77. The van der Waals surface area contributed by atoms with Gasteiger partial charge in [-0.1, -0.05) is 6.07 Å². The molecule has 0 aromatic heterocycles. The molecule has 3 N–H and O–H groups in total. The standard InChI is InChI=1S/C11H12F2N2O2/c1-11(2,10(14)17)15-9(16)6-4-3-5-7(12)8(6)13/h3-5H,1-2H3,(H2,14,17)(H,15,16). The summed E-state index contributed by atoms with van der Waals surface area (Å²) in [7, 11) is 0. The summed E-state index contributed by atoms with van der Waals surface area (Å²) in [6, 6.07) is 3.21. The number of primary amides is 1. The van der Waals surface area contributed by atoms with Crippen molar-refractivity contribution in [2.75, 3.05) is 0 Å². The van der Waals surface area contributed by atoms with Gasteiger partial charge in [0.1, 0.15) is 5.54 Å². The lowest BCUT2D eigenvalue weighted by Gasteiger charge is -2.22. The van der Waals surface area contributed by atoms with Crippen LogP contribution in [-0.2, 0) is 4.79 Å². The largest absolute Gasteiger partial charge is 0.368 e. The third-order valence-electron chi connectivity index (χ3n) is 2.24. The fraction of sp³-hybridized carbons (Fsp3) is 0.273. The molecule has 0 atom stereocenters. The highest BCUT2D eigenvalue weighted by molar-refractivity contribution is 5.98. The van der Waals surface area contributed by atoms with Crippen molar-refractivity contribution in [3.8, 4) is 0 Å². The van der Waals surface area contributed by atoms with Crippen molar-refractivity contribution in [1.29, 1.82) is 0 Å². The van der Waals surface area contributed by atoms with Gasteiger partial charge in [0.15, 0.2) is 11.6 Å². The molecule has 17 heavy (non-hydrogen) atoms. The molecule has 0 aliphatic heterocycles. The first-order chi connectivity index (χ1) is 7.75. The molecule has 2 amide bonds. The van der Waals surface area contributed by atoms with E-state index in [0.717, 1.165) is 12.1 Å². The number of carbonyl (C=O) groups excluding carboxylic acids is 2. The molecule has 6 heteroatoms. The predicted molar refractivity (Wildman–Crippen MR) is 57.1 cm³/mol. The van der Waals surface area contributed by atoms with Gasteiger partial charge in [-0.3, -0.25) is 9.59 Å². The molecule has 92 valence electrons. The lowest BCUT2D eigenvalue weighted by Crippen LogP contribution is -2.53. The molecule has 0 aliphatic carbocycles. The number of hydrogen-bond donors (Lipinski definition) is 2. The van der Waals surface area contributed by atoms with E-state index in [1.807, 2.05) is 0 Å². The van der Waals surface area contributed by atoms with E-state index in [1.165, 1.54) is 19.9 Å². The Labute approximate surface area is 96.8 Å². The van der Waals surface area contributed by atoms with Crippen molar-refractivity contribution in [2.45, 2.75) is 19.4 Å². The Hall–Kier alpha value is -1.98. The van der Waals surface area contributed by atoms with E-state index in [9.17, 15) is 18.4 Å². The molecule has 0 radical (unpaired) electrons. The van der Waals surface area contributed by atoms with Gasteiger partial charge in [-0.15, -0.1) is 0 Å². The maximum Gasteiger partial charge on any atom is 0.255 e. The van der Waals surface area contributed by atoms with Crippen LogP contribution in [0.1, 0.15) is 24.2 Å². The maximum atomic E-state index is 13.3. The molecule has 0 unspecified atom stereocenters. The zero-order valence-electron chi connectivity index (χ0n) is 9.38. The fourth-order valence-electron chi connectivity index (χ4n) is 1.09. The molecule has 1 aromatic rings. The minimum Gasteiger partial charge on any atom is -0.368 e. The topological polar surface area (TPSA) is 72.2 Å². The first kappa shape index (κ1) is 13.1. The number of rotatable bonds is 3. The van der Waals surface area contributed by atoms with Crippen LogP contribution in [0.3, 0.4) is 0 Å². The first-order valence-corrected chi connectivity index (χ1v) is 4.82. The highest BCUT2D eigenvalue weighted by Gasteiger charge is 2.28. The monoisotopic (exact) mass is 242 g/mol. The van der Waals surface area contributed by atoms with Crippen LogP contribution < -0.4 is 11.1 Å². The van der Waals surface area contributed by atoms with Gasteiger partial charge in [-0.05, 0) is 26.0 Å². The molecule has 0 saturated heterocycles. The van der Waals surface area contributed by atoms with Crippen LogP contribution in [-0.4, -0.2) is 17.4 Å². The Morgan fingerprint density at radius 3 is 2.41 bits per heavy atom. The predicted octanol–water partition coefficient (Wildman–Crippen LogP) is 0.958. The highest BCUT2D eigenvalue weighted by Crippen LogP contribution is 2.12. The van der Waals surface area contributed by atoms with Crippen molar-refractivity contribution in [1.82, 2.24) is 5.32 Å². The summed E-state index contributed by atoms with van der Waals surface area (Å²) in [5.74, 6) is -4.06. The average Bonchev–Trinajstić information content (AvgIpc) is 2.21. The summed E-state index contributed by atoms with van der Waals surface area (Å²) >= 11 is 0. The van der Waals surface area contributed by atoms with E-state index in [2.05, 4.69) is 5.32 Å². The number of carbonyl (C=O) groups is 2. The van der Waals surface area contributed by atoms with Crippen LogP contribution in [0.5, 0.6) is 0 Å². The summed E-state index contributed by atoms with van der Waals surface area (Å²) in [4.78, 5) is 22.6. The van der Waals surface area contributed by atoms with Gasteiger partial charge in [0.2, 0.25) is 5.91 Å². The normalized spacial score (nSPS) is 11.1. The van der Waals surface area contributed by atoms with Crippen LogP contribution in [0.15, 0.2) is 18.2 Å². The van der Waals surface area contributed by atoms with E-state index in [4.69, 9.17) is 5.73 Å². The summed E-state index contributed by atoms with van der Waals surface area (Å²) in [6.45, 7) is 2.73. The Kier molecular flexibility index (Phi) is 3.45. The lowest BCUT2D eigenvalue weighted by atomic mass is 10.0. The number of halogens is 2. The molecule has 0 fully saturated rings. The van der Waals surface area contributed by atoms with Gasteiger partial charge in [0.05, 0.1) is 5.56 Å². The maximum absolute atomic E-state index is 13.3. The molecule has 0 spiro atoms. The smallest absolute Gasteiger partial charge is 0.255 e. The Bertz CT molecular complexity index is 473. The third-order valence-corrected chi connectivity index (χ3v) is 2.24. The van der Waals surface area contributed by atoms with Gasteiger partial charge in [0, 0.05) is 0 Å². The van der Waals surface area contributed by atoms with Crippen LogP contribution in [0.25, 0.3) is 0 Å². The second-order valence-corrected chi connectivity index (χ2v) is 4.04. The molecular formula is C11H12F2N2O2. The molecule has 0 saturated carbocycles. The molecule has 0 heterocycles. The van der Waals surface area contributed by atoms with Crippen molar-refractivity contribution >= 4 is 11.8 Å². The van der Waals surface area contributed by atoms with E-state index in [0.29, 0.717) is 0 Å². The average molecular weight is 242 g/mol. The van der Waals surface area contributed by atoms with Gasteiger partial charge in [-0.25, -0.2) is 8.78 Å². The van der Waals surface area contributed by atoms with Gasteiger partial charge >= 0.3 is 0 Å². The summed E-state index contributed by atoms with van der Waals surface area (Å²) in [5, 5.41) is 2.22. The Morgan fingerprint density at radius 1 is 1.29 bits per heavy atom. The quantitative estimate of drug-likeness (QED) is 0.828. The molecule has 4 nitrogen and oxygen atoms in total. The van der Waals surface area contributed by atoms with Crippen LogP contribution in [0, 0.1) is 11.6 Å². The number of nitrogens with one attached hydrogen (secondary N) is 1. The first-order valence-electron chi connectivity index (χ1n) is 4.82. The van der Waals surface area contributed by atoms with Crippen molar-refractivity contribution in [3.63, 3.8) is 0 Å². The zero-order chi connectivity index (χ0) is 13.2. The molecule has 0 bridgehead atoms. The molecule has 1 rings (SSSR count). The lowest BCUT2D eigenvalue weighted by molar-refractivity contribution is -0.122. The zero-order valence-corrected chi connectivity index (χ0v) is 9.38.